The molecule has 2 saturated heterocycles. The molecule has 0 aromatic heterocycles. The Balaban J connectivity index is 1.78. The fourth-order valence-electron chi connectivity index (χ4n) is 4.79. The van der Waals surface area contributed by atoms with E-state index in [0.717, 1.165) is 22.2 Å². The molecule has 2 fully saturated rings. The van der Waals surface area contributed by atoms with Crippen molar-refractivity contribution in [2.24, 2.45) is 0 Å². The third kappa shape index (κ3) is 4.44. The van der Waals surface area contributed by atoms with Gasteiger partial charge in [-0.1, -0.05) is 12.1 Å². The van der Waals surface area contributed by atoms with Crippen molar-refractivity contribution in [3.8, 4) is 0 Å². The molecule has 0 saturated carbocycles. The zero-order valence-electron chi connectivity index (χ0n) is 20.9. The number of aliphatic hydroxyl groups is 1. The second-order valence-corrected chi connectivity index (χ2v) is 10.9. The van der Waals surface area contributed by atoms with Gasteiger partial charge >= 0.3 is 13.2 Å². The van der Waals surface area contributed by atoms with Crippen LogP contribution in [0.25, 0.3) is 0 Å². The first-order chi connectivity index (χ1) is 15.7. The van der Waals surface area contributed by atoms with E-state index in [1.807, 2.05) is 39.8 Å². The molecule has 4 rings (SSSR count). The molecule has 34 heavy (non-hydrogen) atoms. The summed E-state index contributed by atoms with van der Waals surface area (Å²) in [6, 6.07) is 3.47. The minimum Gasteiger partial charge on any atom is -0.465 e. The SMILES string of the molecule is CC(C)(O)C(=O)N1CCc2cc(B3OC(C)(C)C(C)(C)O3)cc([C@@H]3COCCN3C(=O)O)c2C1. The molecule has 0 spiro atoms. The Morgan fingerprint density at radius 3 is 2.35 bits per heavy atom. The lowest BCUT2D eigenvalue weighted by molar-refractivity contribution is -0.148. The molecule has 1 aromatic carbocycles. The molecule has 3 aliphatic heterocycles. The van der Waals surface area contributed by atoms with Gasteiger partial charge in [-0.15, -0.1) is 0 Å². The quantitative estimate of drug-likeness (QED) is 0.642. The Labute approximate surface area is 201 Å². The van der Waals surface area contributed by atoms with Crippen LogP contribution in [0.5, 0.6) is 0 Å². The van der Waals surface area contributed by atoms with Crippen molar-refractivity contribution in [2.45, 2.75) is 77.4 Å². The monoisotopic (exact) mass is 474 g/mol. The Kier molecular flexibility index (Phi) is 6.25. The lowest BCUT2D eigenvalue weighted by atomic mass is 9.74. The number of carbonyl (C=O) groups is 2. The van der Waals surface area contributed by atoms with Gasteiger partial charge in [0.05, 0.1) is 30.5 Å². The Bertz CT molecular complexity index is 972. The van der Waals surface area contributed by atoms with Gasteiger partial charge in [0.25, 0.3) is 5.91 Å². The summed E-state index contributed by atoms with van der Waals surface area (Å²) in [6.45, 7) is 12.5. The van der Waals surface area contributed by atoms with E-state index >= 15 is 0 Å². The van der Waals surface area contributed by atoms with Gasteiger partial charge in [-0.05, 0) is 70.1 Å². The van der Waals surface area contributed by atoms with Crippen LogP contribution in [-0.2, 0) is 31.8 Å². The molecule has 3 aliphatic rings. The van der Waals surface area contributed by atoms with E-state index < -0.39 is 36.1 Å². The lowest BCUT2D eigenvalue weighted by Crippen LogP contribution is -2.49. The summed E-state index contributed by atoms with van der Waals surface area (Å²) in [5, 5.41) is 20.1. The van der Waals surface area contributed by atoms with Crippen molar-refractivity contribution < 1.29 is 33.8 Å². The lowest BCUT2D eigenvalue weighted by Gasteiger charge is -2.39. The number of amides is 2. The smallest absolute Gasteiger partial charge is 0.465 e. The van der Waals surface area contributed by atoms with Crippen LogP contribution in [0.4, 0.5) is 4.79 Å². The van der Waals surface area contributed by atoms with Gasteiger partial charge in [0, 0.05) is 19.6 Å². The second kappa shape index (κ2) is 8.51. The number of carboxylic acid groups (broad SMARTS) is 1. The van der Waals surface area contributed by atoms with E-state index in [2.05, 4.69) is 0 Å². The normalized spacial score (nSPS) is 24.2. The van der Waals surface area contributed by atoms with Gasteiger partial charge in [0.2, 0.25) is 0 Å². The summed E-state index contributed by atoms with van der Waals surface area (Å²) in [6.07, 6.45) is -0.429. The minimum atomic E-state index is -1.48. The summed E-state index contributed by atoms with van der Waals surface area (Å²) in [4.78, 5) is 27.9. The van der Waals surface area contributed by atoms with Crippen molar-refractivity contribution >= 4 is 24.6 Å². The molecule has 1 aromatic rings. The molecular formula is C24H35BN2O7. The van der Waals surface area contributed by atoms with E-state index in [4.69, 9.17) is 14.0 Å². The predicted molar refractivity (Wildman–Crippen MR) is 126 cm³/mol. The summed E-state index contributed by atoms with van der Waals surface area (Å²) < 4.78 is 18.2. The number of carbonyl (C=O) groups excluding carboxylic acids is 1. The molecule has 0 radical (unpaired) electrons. The molecule has 2 N–H and O–H groups in total. The zero-order chi connectivity index (χ0) is 25.1. The molecular weight excluding hydrogens is 439 g/mol. The van der Waals surface area contributed by atoms with Crippen molar-refractivity contribution in [1.82, 2.24) is 9.80 Å². The topological polar surface area (TPSA) is 109 Å². The average Bonchev–Trinajstić information content (AvgIpc) is 2.98. The van der Waals surface area contributed by atoms with Gasteiger partial charge in [-0.3, -0.25) is 9.69 Å². The Morgan fingerprint density at radius 2 is 1.76 bits per heavy atom. The number of fused-ring (bicyclic) bond motifs is 1. The summed E-state index contributed by atoms with van der Waals surface area (Å²) >= 11 is 0. The number of nitrogens with zero attached hydrogens (tertiary/aromatic N) is 2. The first-order valence-corrected chi connectivity index (χ1v) is 11.8. The number of ether oxygens (including phenoxy) is 1. The van der Waals surface area contributed by atoms with Gasteiger partial charge in [-0.2, -0.15) is 0 Å². The average molecular weight is 474 g/mol. The molecule has 2 amide bonds. The van der Waals surface area contributed by atoms with Crippen LogP contribution >= 0.6 is 0 Å². The van der Waals surface area contributed by atoms with Crippen LogP contribution in [0.15, 0.2) is 12.1 Å². The van der Waals surface area contributed by atoms with Crippen molar-refractivity contribution in [1.29, 1.82) is 0 Å². The summed E-state index contributed by atoms with van der Waals surface area (Å²) in [7, 11) is -0.590. The number of rotatable bonds is 3. The zero-order valence-corrected chi connectivity index (χ0v) is 20.9. The molecule has 1 atom stereocenters. The Hall–Kier alpha value is -2.14. The molecule has 10 heteroatoms. The molecule has 186 valence electrons. The second-order valence-electron chi connectivity index (χ2n) is 10.9. The van der Waals surface area contributed by atoms with E-state index in [1.165, 1.54) is 18.7 Å². The first-order valence-electron chi connectivity index (χ1n) is 11.8. The van der Waals surface area contributed by atoms with E-state index in [-0.39, 0.29) is 19.1 Å². The number of hydrogen-bond acceptors (Lipinski definition) is 6. The molecule has 0 bridgehead atoms. The highest BCUT2D eigenvalue weighted by Crippen LogP contribution is 2.38. The van der Waals surface area contributed by atoms with Gasteiger partial charge in [-0.25, -0.2) is 4.79 Å². The third-order valence-corrected chi connectivity index (χ3v) is 7.47. The predicted octanol–water partition coefficient (Wildman–Crippen LogP) is 1.69. The molecule has 0 aliphatic carbocycles. The van der Waals surface area contributed by atoms with E-state index in [0.29, 0.717) is 26.1 Å². The standard InChI is InChI=1S/C24H35BN2O7/c1-22(2,31)20(28)26-8-7-15-11-16(25-33-23(3,4)24(5,6)34-25)12-17(18(15)13-26)19-14-32-10-9-27(19)21(29)30/h11-12,19,31H,7-10,13-14H2,1-6H3,(H,29,30)/t19-/m0/s1. The fourth-order valence-corrected chi connectivity index (χ4v) is 4.79. The van der Waals surface area contributed by atoms with Crippen molar-refractivity contribution in [3.63, 3.8) is 0 Å². The van der Waals surface area contributed by atoms with Crippen molar-refractivity contribution in [2.75, 3.05) is 26.3 Å². The first kappa shape index (κ1) is 25.0. The number of benzene rings is 1. The molecule has 3 heterocycles. The highest BCUT2D eigenvalue weighted by Gasteiger charge is 2.52. The van der Waals surface area contributed by atoms with Crippen LogP contribution in [0.1, 0.15) is 64.3 Å². The van der Waals surface area contributed by atoms with Crippen LogP contribution in [0.3, 0.4) is 0 Å². The van der Waals surface area contributed by atoms with Gasteiger partial charge in [0.15, 0.2) is 0 Å². The largest absolute Gasteiger partial charge is 0.494 e. The fraction of sp³-hybridized carbons (Fsp3) is 0.667. The number of morpholine rings is 1. The maximum atomic E-state index is 12.8. The van der Waals surface area contributed by atoms with E-state index in [9.17, 15) is 19.8 Å². The van der Waals surface area contributed by atoms with Crippen molar-refractivity contribution in [3.05, 3.63) is 28.8 Å². The maximum Gasteiger partial charge on any atom is 0.494 e. The Morgan fingerprint density at radius 1 is 1.12 bits per heavy atom. The van der Waals surface area contributed by atoms with Crippen LogP contribution in [0, 0.1) is 0 Å². The minimum absolute atomic E-state index is 0.227. The van der Waals surface area contributed by atoms with Crippen LogP contribution < -0.4 is 5.46 Å². The summed E-state index contributed by atoms with van der Waals surface area (Å²) in [5.41, 5.74) is 1.03. The van der Waals surface area contributed by atoms with Crippen LogP contribution in [0.2, 0.25) is 0 Å². The van der Waals surface area contributed by atoms with E-state index in [1.54, 1.807) is 4.90 Å². The summed E-state index contributed by atoms with van der Waals surface area (Å²) in [5.74, 6) is -0.353. The van der Waals surface area contributed by atoms with Crippen LogP contribution in [-0.4, -0.2) is 82.2 Å². The number of hydrogen-bond donors (Lipinski definition) is 2. The highest BCUT2D eigenvalue weighted by atomic mass is 16.7. The van der Waals surface area contributed by atoms with Gasteiger partial charge in [0.1, 0.15) is 5.60 Å². The molecule has 0 unspecified atom stereocenters. The molecule has 9 nitrogen and oxygen atoms in total. The van der Waals surface area contributed by atoms with Gasteiger partial charge < -0.3 is 29.2 Å². The third-order valence-electron chi connectivity index (χ3n) is 7.47. The maximum absolute atomic E-state index is 12.8. The highest BCUT2D eigenvalue weighted by molar-refractivity contribution is 6.62.